The molecule has 0 radical (unpaired) electrons. The van der Waals surface area contributed by atoms with E-state index < -0.39 is 0 Å². The molecule has 10 aromatic carbocycles. The molecule has 2 aliphatic heterocycles. The van der Waals surface area contributed by atoms with Crippen molar-refractivity contribution in [3.8, 4) is 56.8 Å². The third-order valence-corrected chi connectivity index (χ3v) is 17.6. The Bertz CT molecular complexity index is 3690. The van der Waals surface area contributed by atoms with Crippen LogP contribution >= 0.6 is 0 Å². The molecule has 0 amide bonds. The van der Waals surface area contributed by atoms with Crippen molar-refractivity contribution in [2.24, 2.45) is 0 Å². The molecule has 18 rings (SSSR count). The molecule has 2 heterocycles. The standard InChI is InChI=1S/C74H58O8/c1-3-11-45(12-4-1)47-33-49-41-79-53-19-23-61-65(37-53)71-59-17-9-7-15-57(59)69(61)63-25-21-55(39-67(63)71)81-43-51-35-48(46-13-5-2-6-14-46)36-52-44-82-56-22-26-64-68(40-56)72-60-18-10-8-16-58(60)70(64)62-24-20-54(38-66(62)72)80-42-50(34-47)73(49)77-31-29-75-27-28-76-30-32-78-74(51)52/h1-26,33-40,69-72H,27-32,41-44H2. The summed E-state index contributed by atoms with van der Waals surface area (Å²) in [5.74, 6) is 4.69. The summed E-state index contributed by atoms with van der Waals surface area (Å²) in [6.45, 7) is 3.18. The first kappa shape index (κ1) is 48.8. The van der Waals surface area contributed by atoms with Crippen LogP contribution in [0.4, 0.5) is 0 Å². The smallest absolute Gasteiger partial charge is 0.132 e. The van der Waals surface area contributed by atoms with E-state index in [0.29, 0.717) is 39.6 Å². The normalized spacial score (nSPS) is 19.0. The molecule has 8 aliphatic rings. The molecule has 14 bridgehead atoms. The minimum atomic E-state index is -0.0258. The lowest BCUT2D eigenvalue weighted by Gasteiger charge is -2.42. The fourth-order valence-corrected chi connectivity index (χ4v) is 14.0. The fourth-order valence-electron chi connectivity index (χ4n) is 14.0. The second-order valence-electron chi connectivity index (χ2n) is 22.2. The summed E-state index contributed by atoms with van der Waals surface area (Å²) in [7, 11) is 0. The summed E-state index contributed by atoms with van der Waals surface area (Å²) in [6, 6.07) is 74.3. The summed E-state index contributed by atoms with van der Waals surface area (Å²) >= 11 is 0. The van der Waals surface area contributed by atoms with E-state index >= 15 is 0 Å². The van der Waals surface area contributed by atoms with Gasteiger partial charge < -0.3 is 37.9 Å². The molecule has 82 heavy (non-hydrogen) atoms. The van der Waals surface area contributed by atoms with Gasteiger partial charge in [-0.25, -0.2) is 0 Å². The Labute approximate surface area is 477 Å². The van der Waals surface area contributed by atoms with E-state index in [1.807, 2.05) is 0 Å². The van der Waals surface area contributed by atoms with Gasteiger partial charge in [-0.1, -0.05) is 133 Å². The van der Waals surface area contributed by atoms with Gasteiger partial charge in [0.05, 0.1) is 26.4 Å². The predicted octanol–water partition coefficient (Wildman–Crippen LogP) is 15.4. The largest absolute Gasteiger partial charge is 0.490 e. The molecule has 0 unspecified atom stereocenters. The van der Waals surface area contributed by atoms with Gasteiger partial charge in [0.25, 0.3) is 0 Å². The average Bonchev–Trinajstić information content (AvgIpc) is 2.36. The zero-order valence-corrected chi connectivity index (χ0v) is 45.3. The van der Waals surface area contributed by atoms with Crippen LogP contribution < -0.4 is 28.4 Å². The van der Waals surface area contributed by atoms with Crippen LogP contribution in [0.2, 0.25) is 0 Å². The van der Waals surface area contributed by atoms with Gasteiger partial charge in [-0.05, 0) is 162 Å². The van der Waals surface area contributed by atoms with Crippen molar-refractivity contribution in [2.45, 2.75) is 50.1 Å². The van der Waals surface area contributed by atoms with Crippen LogP contribution in [0.5, 0.6) is 34.5 Å². The minimum absolute atomic E-state index is 0.0258. The zero-order valence-electron chi connectivity index (χ0n) is 45.3. The first-order chi connectivity index (χ1) is 40.6. The van der Waals surface area contributed by atoms with Crippen LogP contribution in [0.1, 0.15) is 113 Å². The van der Waals surface area contributed by atoms with Gasteiger partial charge in [0.1, 0.15) is 74.1 Å². The summed E-state index contributed by atoms with van der Waals surface area (Å²) in [5, 5.41) is 0. The molecule has 10 aromatic rings. The molecule has 0 fully saturated rings. The summed E-state index contributed by atoms with van der Waals surface area (Å²) in [5.41, 5.74) is 23.4. The summed E-state index contributed by atoms with van der Waals surface area (Å²) in [6.07, 6.45) is 0. The van der Waals surface area contributed by atoms with Crippen LogP contribution in [0.15, 0.2) is 206 Å². The van der Waals surface area contributed by atoms with Crippen LogP contribution in [-0.2, 0) is 35.9 Å². The number of benzene rings is 10. The third-order valence-electron chi connectivity index (χ3n) is 17.6. The topological polar surface area (TPSA) is 73.8 Å². The van der Waals surface area contributed by atoms with Crippen LogP contribution in [-0.4, -0.2) is 39.6 Å². The lowest BCUT2D eigenvalue weighted by molar-refractivity contribution is 0.0267. The molecule has 8 heteroatoms. The van der Waals surface area contributed by atoms with E-state index in [0.717, 1.165) is 79.0 Å². The van der Waals surface area contributed by atoms with E-state index in [2.05, 4.69) is 206 Å². The Morgan fingerprint density at radius 3 is 0.805 bits per heavy atom. The number of hydrogen-bond acceptors (Lipinski definition) is 8. The Hall–Kier alpha value is -9.08. The molecule has 0 N–H and O–H groups in total. The highest BCUT2D eigenvalue weighted by Gasteiger charge is 2.43. The molecule has 6 aliphatic carbocycles. The number of ether oxygens (including phenoxy) is 8. The van der Waals surface area contributed by atoms with Gasteiger partial charge in [-0.2, -0.15) is 0 Å². The second-order valence-corrected chi connectivity index (χ2v) is 22.2. The maximum Gasteiger partial charge on any atom is 0.132 e. The molecule has 0 saturated carbocycles. The van der Waals surface area contributed by atoms with Crippen molar-refractivity contribution >= 4 is 0 Å². The van der Waals surface area contributed by atoms with Crippen LogP contribution in [0.3, 0.4) is 0 Å². The maximum absolute atomic E-state index is 6.99. The van der Waals surface area contributed by atoms with Crippen molar-refractivity contribution in [1.29, 1.82) is 0 Å². The predicted molar refractivity (Wildman–Crippen MR) is 316 cm³/mol. The SMILES string of the molecule is c1ccc(-c2cc3c4c(c2)COc2ccc5c(c2)C2c6ccccc6C5c5ccc(cc52)OCc2cc(-c5ccccc5)cc(c2OCCOCCOCCO4)COc2ccc4c(c2)C2c5ccccc5C4c4ccc(cc42)OC3)cc1. The molecule has 0 spiro atoms. The highest BCUT2D eigenvalue weighted by Crippen LogP contribution is 2.59. The second kappa shape index (κ2) is 20.5. The van der Waals surface area contributed by atoms with Gasteiger partial charge >= 0.3 is 0 Å². The quantitative estimate of drug-likeness (QED) is 0.159. The number of hydrogen-bond donors (Lipinski definition) is 0. The maximum atomic E-state index is 6.99. The van der Waals surface area contributed by atoms with E-state index in [1.165, 1.54) is 66.8 Å². The Kier molecular flexibility index (Phi) is 12.2. The lowest BCUT2D eigenvalue weighted by Crippen LogP contribution is -2.27. The van der Waals surface area contributed by atoms with Gasteiger partial charge in [0.15, 0.2) is 0 Å². The Morgan fingerprint density at radius 2 is 0.488 bits per heavy atom. The van der Waals surface area contributed by atoms with Gasteiger partial charge in [-0.3, -0.25) is 0 Å². The number of rotatable bonds is 2. The first-order valence-corrected chi connectivity index (χ1v) is 28.7. The molecule has 0 aromatic heterocycles. The van der Waals surface area contributed by atoms with Crippen molar-refractivity contribution in [3.05, 3.63) is 295 Å². The first-order valence-electron chi connectivity index (χ1n) is 28.7. The van der Waals surface area contributed by atoms with Gasteiger partial charge in [0, 0.05) is 45.9 Å². The van der Waals surface area contributed by atoms with Crippen LogP contribution in [0, 0.1) is 0 Å². The van der Waals surface area contributed by atoms with E-state index in [9.17, 15) is 0 Å². The highest BCUT2D eigenvalue weighted by molar-refractivity contribution is 5.73. The van der Waals surface area contributed by atoms with Crippen molar-refractivity contribution in [3.63, 3.8) is 0 Å². The Morgan fingerprint density at radius 1 is 0.220 bits per heavy atom. The molecular formula is C74H58O8. The van der Waals surface area contributed by atoms with E-state index in [4.69, 9.17) is 37.9 Å². The van der Waals surface area contributed by atoms with Crippen LogP contribution in [0.25, 0.3) is 22.3 Å². The van der Waals surface area contributed by atoms with Crippen molar-refractivity contribution in [1.82, 2.24) is 0 Å². The minimum Gasteiger partial charge on any atom is -0.490 e. The fraction of sp³-hybridized carbons (Fsp3) is 0.189. The molecule has 402 valence electrons. The third kappa shape index (κ3) is 8.50. The lowest BCUT2D eigenvalue weighted by atomic mass is 9.61. The average molecular weight is 1080 g/mol. The molecular weight excluding hydrogens is 1020 g/mol. The molecule has 8 nitrogen and oxygen atoms in total. The van der Waals surface area contributed by atoms with Gasteiger partial charge in [-0.15, -0.1) is 0 Å². The highest BCUT2D eigenvalue weighted by atomic mass is 16.6. The number of fused-ring (bicyclic) bond motifs is 13. The molecule has 0 saturated heterocycles. The van der Waals surface area contributed by atoms with Crippen molar-refractivity contribution in [2.75, 3.05) is 39.6 Å². The van der Waals surface area contributed by atoms with Gasteiger partial charge in [0.2, 0.25) is 0 Å². The monoisotopic (exact) mass is 1070 g/mol. The molecule has 0 atom stereocenters. The van der Waals surface area contributed by atoms with E-state index in [-0.39, 0.29) is 50.1 Å². The summed E-state index contributed by atoms with van der Waals surface area (Å²) < 4.78 is 54.1. The summed E-state index contributed by atoms with van der Waals surface area (Å²) in [4.78, 5) is 0. The van der Waals surface area contributed by atoms with Crippen molar-refractivity contribution < 1.29 is 37.9 Å². The Balaban J connectivity index is 0.868. The zero-order chi connectivity index (χ0) is 54.1. The van der Waals surface area contributed by atoms with E-state index in [1.54, 1.807) is 0 Å².